The fourth-order valence-electron chi connectivity index (χ4n) is 8.16. The summed E-state index contributed by atoms with van der Waals surface area (Å²) in [6.45, 7) is 0.177. The molecule has 2 bridgehead atoms. The summed E-state index contributed by atoms with van der Waals surface area (Å²) < 4.78 is 22.8. The van der Waals surface area contributed by atoms with Gasteiger partial charge in [0.15, 0.2) is 28.8 Å². The van der Waals surface area contributed by atoms with E-state index in [9.17, 15) is 9.59 Å². The maximum absolute atomic E-state index is 15.7. The van der Waals surface area contributed by atoms with Crippen molar-refractivity contribution in [2.24, 2.45) is 11.8 Å². The first kappa shape index (κ1) is 24.2. The molecule has 1 saturated heterocycles. The van der Waals surface area contributed by atoms with E-state index in [1.807, 2.05) is 97.1 Å². The minimum atomic E-state index is -1.47. The van der Waals surface area contributed by atoms with Crippen molar-refractivity contribution in [1.82, 2.24) is 5.32 Å². The van der Waals surface area contributed by atoms with Crippen molar-refractivity contribution >= 4 is 28.7 Å². The molecular weight excluding hydrogens is 546 g/mol. The SMILES string of the molecule is O=C1NC(=O)[C@@H]2[C@@H]1[C@@]1(c3ccccc3)C(=O)[C@]2(c2ccccc2)C(c2ccc3c(c2)OCO3)=C1c1ccc2c(c1)OCO2. The van der Waals surface area contributed by atoms with E-state index in [-0.39, 0.29) is 19.4 Å². The average Bonchev–Trinajstić information content (AvgIpc) is 3.85. The topological polar surface area (TPSA) is 100 Å². The fraction of sp³-hybridized carbons (Fsp3) is 0.171. The first-order chi connectivity index (χ1) is 21.1. The molecule has 4 aromatic rings. The molecule has 1 saturated carbocycles. The Morgan fingerprint density at radius 1 is 0.535 bits per heavy atom. The predicted molar refractivity (Wildman–Crippen MR) is 153 cm³/mol. The van der Waals surface area contributed by atoms with Gasteiger partial charge in [0.1, 0.15) is 0 Å². The highest BCUT2D eigenvalue weighted by molar-refractivity contribution is 6.35. The lowest BCUT2D eigenvalue weighted by Crippen LogP contribution is -2.44. The number of hydrogen-bond acceptors (Lipinski definition) is 7. The van der Waals surface area contributed by atoms with Crippen LogP contribution in [-0.4, -0.2) is 31.2 Å². The van der Waals surface area contributed by atoms with Crippen molar-refractivity contribution in [2.45, 2.75) is 10.8 Å². The van der Waals surface area contributed by atoms with Crippen molar-refractivity contribution < 1.29 is 33.3 Å². The molecule has 4 atom stereocenters. The number of hydrogen-bond donors (Lipinski definition) is 1. The van der Waals surface area contributed by atoms with Crippen molar-refractivity contribution in [1.29, 1.82) is 0 Å². The number of rotatable bonds is 4. The molecule has 8 nitrogen and oxygen atoms in total. The minimum absolute atomic E-state index is 0.0885. The zero-order valence-corrected chi connectivity index (χ0v) is 22.7. The normalized spacial score (nSPS) is 27.6. The van der Waals surface area contributed by atoms with Gasteiger partial charge in [-0.15, -0.1) is 0 Å². The Kier molecular flexibility index (Phi) is 4.71. The zero-order valence-electron chi connectivity index (χ0n) is 22.7. The molecule has 1 N–H and O–H groups in total. The molecule has 3 heterocycles. The van der Waals surface area contributed by atoms with E-state index < -0.39 is 34.5 Å². The number of benzene rings is 4. The van der Waals surface area contributed by atoms with E-state index in [1.54, 1.807) is 0 Å². The summed E-state index contributed by atoms with van der Waals surface area (Å²) in [4.78, 5) is 43.5. The molecule has 0 radical (unpaired) electrons. The van der Waals surface area contributed by atoms with Gasteiger partial charge >= 0.3 is 0 Å². The van der Waals surface area contributed by atoms with Crippen LogP contribution in [-0.2, 0) is 25.2 Å². The van der Waals surface area contributed by atoms with Gasteiger partial charge in [-0.1, -0.05) is 72.8 Å². The van der Waals surface area contributed by atoms with E-state index in [2.05, 4.69) is 5.32 Å². The number of amides is 2. The molecule has 9 rings (SSSR count). The molecule has 0 aromatic heterocycles. The summed E-state index contributed by atoms with van der Waals surface area (Å²) in [6.07, 6.45) is 0. The summed E-state index contributed by atoms with van der Waals surface area (Å²) >= 11 is 0. The average molecular weight is 570 g/mol. The largest absolute Gasteiger partial charge is 0.454 e. The summed E-state index contributed by atoms with van der Waals surface area (Å²) in [6, 6.07) is 29.9. The third kappa shape index (κ3) is 2.83. The number of fused-ring (bicyclic) bond motifs is 7. The number of carbonyl (C=O) groups excluding carboxylic acids is 3. The van der Waals surface area contributed by atoms with Gasteiger partial charge in [0.25, 0.3) is 0 Å². The van der Waals surface area contributed by atoms with Gasteiger partial charge in [-0.2, -0.15) is 0 Å². The van der Waals surface area contributed by atoms with Gasteiger partial charge in [0.2, 0.25) is 25.4 Å². The second-order valence-corrected chi connectivity index (χ2v) is 11.4. The Bertz CT molecular complexity index is 1800. The minimum Gasteiger partial charge on any atom is -0.454 e. The first-order valence-electron chi connectivity index (χ1n) is 14.1. The Morgan fingerprint density at radius 2 is 0.953 bits per heavy atom. The number of allylic oxidation sites excluding steroid dienone is 2. The van der Waals surface area contributed by atoms with Crippen LogP contribution in [0.1, 0.15) is 22.3 Å². The van der Waals surface area contributed by atoms with Crippen LogP contribution >= 0.6 is 0 Å². The zero-order chi connectivity index (χ0) is 28.9. The molecule has 2 amide bonds. The van der Waals surface area contributed by atoms with Crippen molar-refractivity contribution in [3.05, 3.63) is 119 Å². The summed E-state index contributed by atoms with van der Waals surface area (Å²) in [7, 11) is 0. The lowest BCUT2D eigenvalue weighted by atomic mass is 9.59. The van der Waals surface area contributed by atoms with E-state index in [0.29, 0.717) is 56.4 Å². The molecule has 43 heavy (non-hydrogen) atoms. The Morgan fingerprint density at radius 3 is 1.40 bits per heavy atom. The summed E-state index contributed by atoms with van der Waals surface area (Å²) in [5.41, 5.74) is 1.10. The Balaban J connectivity index is 1.49. The quantitative estimate of drug-likeness (QED) is 0.364. The number of imide groups is 1. The molecule has 0 unspecified atom stereocenters. The number of carbonyl (C=O) groups is 3. The van der Waals surface area contributed by atoms with Gasteiger partial charge in [0, 0.05) is 0 Å². The van der Waals surface area contributed by atoms with Crippen LogP contribution < -0.4 is 24.3 Å². The Labute approximate surface area is 245 Å². The first-order valence-corrected chi connectivity index (χ1v) is 14.1. The van der Waals surface area contributed by atoms with E-state index >= 15 is 4.79 Å². The monoisotopic (exact) mass is 569 g/mol. The number of nitrogens with one attached hydrogen (secondary N) is 1. The molecule has 4 aromatic carbocycles. The summed E-state index contributed by atoms with van der Waals surface area (Å²) in [5, 5.41) is 2.61. The molecule has 210 valence electrons. The van der Waals surface area contributed by atoms with Gasteiger partial charge in [-0.3, -0.25) is 19.7 Å². The van der Waals surface area contributed by atoms with Crippen LogP contribution in [0.2, 0.25) is 0 Å². The molecule has 2 fully saturated rings. The van der Waals surface area contributed by atoms with Crippen LogP contribution in [0.15, 0.2) is 97.1 Å². The lowest BCUT2D eigenvalue weighted by molar-refractivity contribution is -0.132. The highest BCUT2D eigenvalue weighted by Gasteiger charge is 2.81. The number of ketones is 1. The van der Waals surface area contributed by atoms with Crippen molar-refractivity contribution in [3.8, 4) is 23.0 Å². The van der Waals surface area contributed by atoms with Gasteiger partial charge in [-0.25, -0.2) is 0 Å². The van der Waals surface area contributed by atoms with E-state index in [4.69, 9.17) is 18.9 Å². The summed E-state index contributed by atoms with van der Waals surface area (Å²) in [5.74, 6) is -0.738. The van der Waals surface area contributed by atoms with Crippen molar-refractivity contribution in [2.75, 3.05) is 13.6 Å². The molecule has 2 aliphatic carbocycles. The van der Waals surface area contributed by atoms with E-state index in [0.717, 1.165) is 0 Å². The van der Waals surface area contributed by atoms with E-state index in [1.165, 1.54) is 0 Å². The van der Waals surface area contributed by atoms with Crippen LogP contribution in [0.3, 0.4) is 0 Å². The highest BCUT2D eigenvalue weighted by Crippen LogP contribution is 2.73. The van der Waals surface area contributed by atoms with Crippen LogP contribution in [0.25, 0.3) is 11.1 Å². The number of ether oxygens (including phenoxy) is 4. The molecule has 0 spiro atoms. The van der Waals surface area contributed by atoms with Crippen LogP contribution in [0.4, 0.5) is 0 Å². The molecule has 5 aliphatic rings. The third-order valence-electron chi connectivity index (χ3n) is 9.61. The Hall–Kier alpha value is -5.37. The second-order valence-electron chi connectivity index (χ2n) is 11.4. The van der Waals surface area contributed by atoms with Crippen LogP contribution in [0, 0.1) is 11.8 Å². The maximum atomic E-state index is 15.7. The predicted octanol–water partition coefficient (Wildman–Crippen LogP) is 4.42. The standard InChI is InChI=1S/C35H23NO7/c37-31-29-30(32(38)36-31)35(22-9-5-2-6-10-22)28(20-12-14-24-26(16-20)43-18-41-24)27(19-11-13-23-25(15-19)42-17-40-23)34(29,33(35)39)21-7-3-1-4-8-21/h1-16,29-30H,17-18H2,(H,36,37,38)/t29-,30-,34-,35+/m0/s1. The van der Waals surface area contributed by atoms with Gasteiger partial charge < -0.3 is 18.9 Å². The fourth-order valence-corrected chi connectivity index (χ4v) is 8.16. The number of Topliss-reactive ketones (excluding diaryl/α,β-unsaturated/α-hetero) is 1. The third-order valence-corrected chi connectivity index (χ3v) is 9.61. The maximum Gasteiger partial charge on any atom is 0.232 e. The second kappa shape index (κ2) is 8.35. The van der Waals surface area contributed by atoms with Gasteiger partial charge in [-0.05, 0) is 57.7 Å². The lowest BCUT2D eigenvalue weighted by Gasteiger charge is -2.39. The van der Waals surface area contributed by atoms with Crippen molar-refractivity contribution in [3.63, 3.8) is 0 Å². The molecular formula is C35H23NO7. The van der Waals surface area contributed by atoms with Crippen LogP contribution in [0.5, 0.6) is 23.0 Å². The smallest absolute Gasteiger partial charge is 0.232 e. The highest BCUT2D eigenvalue weighted by atomic mass is 16.7. The molecule has 8 heteroatoms. The molecule has 3 aliphatic heterocycles. The van der Waals surface area contributed by atoms with Gasteiger partial charge in [0.05, 0.1) is 22.7 Å².